The first-order chi connectivity index (χ1) is 11.0. The maximum atomic E-state index is 11.9. The Morgan fingerprint density at radius 3 is 2.17 bits per heavy atom. The highest BCUT2D eigenvalue weighted by Gasteiger charge is 2.11. The number of anilines is 2. The van der Waals surface area contributed by atoms with E-state index in [0.29, 0.717) is 11.5 Å². The SMILES string of the molecule is CCc1cccc(CC)c1Nc1ccc(C(=O)NC(C)C)nn1. The van der Waals surface area contributed by atoms with Gasteiger partial charge in [-0.25, -0.2) is 0 Å². The van der Waals surface area contributed by atoms with Gasteiger partial charge in [-0.1, -0.05) is 32.0 Å². The third-order valence-corrected chi connectivity index (χ3v) is 3.57. The first-order valence-electron chi connectivity index (χ1n) is 8.07. The molecule has 1 aromatic carbocycles. The van der Waals surface area contributed by atoms with E-state index in [2.05, 4.69) is 52.9 Å². The molecule has 2 rings (SSSR count). The van der Waals surface area contributed by atoms with Crippen LogP contribution >= 0.6 is 0 Å². The Balaban J connectivity index is 2.20. The normalized spacial score (nSPS) is 10.7. The van der Waals surface area contributed by atoms with Crippen LogP contribution in [-0.2, 0) is 12.8 Å². The van der Waals surface area contributed by atoms with Crippen LogP contribution < -0.4 is 10.6 Å². The van der Waals surface area contributed by atoms with E-state index in [0.717, 1.165) is 18.5 Å². The second-order valence-electron chi connectivity index (χ2n) is 5.72. The van der Waals surface area contributed by atoms with Crippen LogP contribution in [0.25, 0.3) is 0 Å². The highest BCUT2D eigenvalue weighted by molar-refractivity contribution is 5.92. The number of aromatic nitrogens is 2. The van der Waals surface area contributed by atoms with Gasteiger partial charge in [0.25, 0.3) is 5.91 Å². The molecule has 122 valence electrons. The van der Waals surface area contributed by atoms with Gasteiger partial charge in [-0.3, -0.25) is 4.79 Å². The van der Waals surface area contributed by atoms with Gasteiger partial charge in [0.1, 0.15) is 0 Å². The summed E-state index contributed by atoms with van der Waals surface area (Å²) in [5.74, 6) is 0.434. The molecule has 0 saturated carbocycles. The minimum absolute atomic E-state index is 0.0747. The van der Waals surface area contributed by atoms with E-state index in [4.69, 9.17) is 0 Å². The van der Waals surface area contributed by atoms with Crippen LogP contribution in [0.15, 0.2) is 30.3 Å². The molecule has 2 N–H and O–H groups in total. The largest absolute Gasteiger partial charge is 0.348 e. The lowest BCUT2D eigenvalue weighted by Crippen LogP contribution is -2.30. The summed E-state index contributed by atoms with van der Waals surface area (Å²) in [5.41, 5.74) is 3.90. The molecule has 1 heterocycles. The molecule has 23 heavy (non-hydrogen) atoms. The molecular formula is C18H24N4O. The minimum Gasteiger partial charge on any atom is -0.348 e. The highest BCUT2D eigenvalue weighted by Crippen LogP contribution is 2.25. The molecule has 1 amide bonds. The van der Waals surface area contributed by atoms with Crippen LogP contribution in [-0.4, -0.2) is 22.1 Å². The molecule has 0 spiro atoms. The smallest absolute Gasteiger partial charge is 0.271 e. The molecule has 0 radical (unpaired) electrons. The molecule has 0 bridgehead atoms. The summed E-state index contributed by atoms with van der Waals surface area (Å²) in [6.07, 6.45) is 1.89. The summed E-state index contributed by atoms with van der Waals surface area (Å²) < 4.78 is 0. The van der Waals surface area contributed by atoms with Crippen molar-refractivity contribution in [1.29, 1.82) is 0 Å². The fourth-order valence-corrected chi connectivity index (χ4v) is 2.39. The zero-order valence-corrected chi connectivity index (χ0v) is 14.2. The summed E-state index contributed by atoms with van der Waals surface area (Å²) in [4.78, 5) is 11.9. The summed E-state index contributed by atoms with van der Waals surface area (Å²) in [7, 11) is 0. The predicted molar refractivity (Wildman–Crippen MR) is 93.1 cm³/mol. The molecule has 5 heteroatoms. The van der Waals surface area contributed by atoms with E-state index in [1.807, 2.05) is 13.8 Å². The van der Waals surface area contributed by atoms with E-state index >= 15 is 0 Å². The first-order valence-corrected chi connectivity index (χ1v) is 8.07. The number of hydrogen-bond acceptors (Lipinski definition) is 4. The van der Waals surface area contributed by atoms with Gasteiger partial charge in [-0.2, -0.15) is 0 Å². The van der Waals surface area contributed by atoms with Gasteiger partial charge in [0.15, 0.2) is 11.5 Å². The van der Waals surface area contributed by atoms with Crippen LogP contribution in [0.1, 0.15) is 49.3 Å². The number of aryl methyl sites for hydroxylation is 2. The van der Waals surface area contributed by atoms with Crippen molar-refractivity contribution in [1.82, 2.24) is 15.5 Å². The lowest BCUT2D eigenvalue weighted by atomic mass is 10.0. The van der Waals surface area contributed by atoms with Crippen molar-refractivity contribution in [2.45, 2.75) is 46.6 Å². The molecule has 0 aliphatic rings. The summed E-state index contributed by atoms with van der Waals surface area (Å²) in [6, 6.07) is 9.85. The molecule has 1 aromatic heterocycles. The first kappa shape index (κ1) is 16.9. The monoisotopic (exact) mass is 312 g/mol. The van der Waals surface area contributed by atoms with Crippen molar-refractivity contribution in [2.75, 3.05) is 5.32 Å². The number of nitrogens with one attached hydrogen (secondary N) is 2. The van der Waals surface area contributed by atoms with Crippen LogP contribution in [0.2, 0.25) is 0 Å². The van der Waals surface area contributed by atoms with Gasteiger partial charge in [-0.15, -0.1) is 10.2 Å². The third-order valence-electron chi connectivity index (χ3n) is 3.57. The van der Waals surface area contributed by atoms with E-state index in [-0.39, 0.29) is 11.9 Å². The summed E-state index contributed by atoms with van der Waals surface area (Å²) in [5, 5.41) is 14.3. The van der Waals surface area contributed by atoms with Crippen LogP contribution in [0.4, 0.5) is 11.5 Å². The molecule has 0 aliphatic carbocycles. The van der Waals surface area contributed by atoms with Crippen molar-refractivity contribution >= 4 is 17.4 Å². The Labute approximate surface area is 137 Å². The Morgan fingerprint density at radius 2 is 1.70 bits per heavy atom. The molecule has 5 nitrogen and oxygen atoms in total. The Bertz CT molecular complexity index is 643. The molecule has 0 unspecified atom stereocenters. The highest BCUT2D eigenvalue weighted by atomic mass is 16.1. The van der Waals surface area contributed by atoms with Gasteiger partial charge in [0.05, 0.1) is 0 Å². The number of carbonyl (C=O) groups excluding carboxylic acids is 1. The van der Waals surface area contributed by atoms with Crippen molar-refractivity contribution < 1.29 is 4.79 Å². The Kier molecular flexibility index (Phi) is 5.68. The van der Waals surface area contributed by atoms with E-state index in [1.165, 1.54) is 11.1 Å². The summed E-state index contributed by atoms with van der Waals surface area (Å²) >= 11 is 0. The van der Waals surface area contributed by atoms with Crippen LogP contribution in [0, 0.1) is 0 Å². The van der Waals surface area contributed by atoms with E-state index in [1.54, 1.807) is 12.1 Å². The topological polar surface area (TPSA) is 66.9 Å². The second-order valence-corrected chi connectivity index (χ2v) is 5.72. The number of carbonyl (C=O) groups is 1. The molecule has 0 saturated heterocycles. The average molecular weight is 312 g/mol. The predicted octanol–water partition coefficient (Wildman–Crippen LogP) is 3.48. The number of amides is 1. The van der Waals surface area contributed by atoms with Gasteiger partial charge in [0, 0.05) is 11.7 Å². The lowest BCUT2D eigenvalue weighted by molar-refractivity contribution is 0.0937. The lowest BCUT2D eigenvalue weighted by Gasteiger charge is -2.14. The van der Waals surface area contributed by atoms with Gasteiger partial charge in [0.2, 0.25) is 0 Å². The quantitative estimate of drug-likeness (QED) is 0.857. The van der Waals surface area contributed by atoms with E-state index < -0.39 is 0 Å². The fraction of sp³-hybridized carbons (Fsp3) is 0.389. The molecule has 0 aliphatic heterocycles. The van der Waals surface area contributed by atoms with Crippen molar-refractivity contribution in [3.63, 3.8) is 0 Å². The number of benzene rings is 1. The average Bonchev–Trinajstić information content (AvgIpc) is 2.55. The molecular weight excluding hydrogens is 288 g/mol. The standard InChI is InChI=1S/C18H24N4O/c1-5-13-8-7-9-14(6-2)17(13)20-16-11-10-15(21-22-16)18(23)19-12(3)4/h7-12H,5-6H2,1-4H3,(H,19,23)(H,20,22). The number of rotatable bonds is 6. The summed E-state index contributed by atoms with van der Waals surface area (Å²) in [6.45, 7) is 8.08. The van der Waals surface area contributed by atoms with Crippen molar-refractivity contribution in [3.8, 4) is 0 Å². The van der Waals surface area contributed by atoms with Crippen LogP contribution in [0.3, 0.4) is 0 Å². The second kappa shape index (κ2) is 7.72. The zero-order chi connectivity index (χ0) is 16.8. The Morgan fingerprint density at radius 1 is 1.04 bits per heavy atom. The molecule has 2 aromatic rings. The van der Waals surface area contributed by atoms with Gasteiger partial charge in [-0.05, 0) is 49.9 Å². The third kappa shape index (κ3) is 4.28. The zero-order valence-electron chi connectivity index (χ0n) is 14.2. The van der Waals surface area contributed by atoms with Crippen LogP contribution in [0.5, 0.6) is 0 Å². The maximum absolute atomic E-state index is 11.9. The molecule has 0 atom stereocenters. The fourth-order valence-electron chi connectivity index (χ4n) is 2.39. The minimum atomic E-state index is -0.206. The van der Waals surface area contributed by atoms with Crippen molar-refractivity contribution in [3.05, 3.63) is 47.2 Å². The van der Waals surface area contributed by atoms with Gasteiger partial charge >= 0.3 is 0 Å². The van der Waals surface area contributed by atoms with E-state index in [9.17, 15) is 4.79 Å². The molecule has 0 fully saturated rings. The number of hydrogen-bond donors (Lipinski definition) is 2. The number of nitrogens with zero attached hydrogens (tertiary/aromatic N) is 2. The van der Waals surface area contributed by atoms with Crippen molar-refractivity contribution in [2.24, 2.45) is 0 Å². The number of para-hydroxylation sites is 1. The Hall–Kier alpha value is -2.43. The maximum Gasteiger partial charge on any atom is 0.271 e. The van der Waals surface area contributed by atoms with Gasteiger partial charge < -0.3 is 10.6 Å².